The summed E-state index contributed by atoms with van der Waals surface area (Å²) in [7, 11) is 0. The quantitative estimate of drug-likeness (QED) is 0.267. The second-order valence-corrected chi connectivity index (χ2v) is 11.8. The van der Waals surface area contributed by atoms with Gasteiger partial charge in [-0.1, -0.05) is 26.8 Å². The van der Waals surface area contributed by atoms with E-state index in [1.807, 2.05) is 17.0 Å². The zero-order valence-corrected chi connectivity index (χ0v) is 24.8. The highest BCUT2D eigenvalue weighted by atomic mass is 79.9. The van der Waals surface area contributed by atoms with Gasteiger partial charge < -0.3 is 19.6 Å². The normalized spacial score (nSPS) is 16.7. The lowest BCUT2D eigenvalue weighted by Gasteiger charge is -2.30. The van der Waals surface area contributed by atoms with Crippen molar-refractivity contribution < 1.29 is 19.4 Å². The van der Waals surface area contributed by atoms with Crippen molar-refractivity contribution >= 4 is 40.3 Å². The van der Waals surface area contributed by atoms with Crippen molar-refractivity contribution in [3.05, 3.63) is 52.3 Å². The molecule has 0 radical (unpaired) electrons. The maximum absolute atomic E-state index is 13.7. The summed E-state index contributed by atoms with van der Waals surface area (Å²) in [6.45, 7) is 9.05. The van der Waals surface area contributed by atoms with Crippen molar-refractivity contribution in [3.8, 4) is 5.75 Å². The summed E-state index contributed by atoms with van der Waals surface area (Å²) in [5.74, 6) is 0.727. The van der Waals surface area contributed by atoms with Gasteiger partial charge in [0.25, 0.3) is 0 Å². The minimum absolute atomic E-state index is 0. The van der Waals surface area contributed by atoms with Crippen LogP contribution in [-0.2, 0) is 16.8 Å². The van der Waals surface area contributed by atoms with Gasteiger partial charge in [0, 0.05) is 54.4 Å². The highest BCUT2D eigenvalue weighted by Crippen LogP contribution is 2.42. The van der Waals surface area contributed by atoms with Crippen molar-refractivity contribution in [2.24, 2.45) is 0 Å². The van der Waals surface area contributed by atoms with Gasteiger partial charge in [0.05, 0.1) is 18.8 Å². The zero-order valence-electron chi connectivity index (χ0n) is 23.1. The number of anilines is 1. The molecule has 8 nitrogen and oxygen atoms in total. The van der Waals surface area contributed by atoms with Crippen LogP contribution in [0.15, 0.2) is 24.3 Å². The number of nitrogens with zero attached hydrogens (tertiary/aromatic N) is 3. The topological polar surface area (TPSA) is 107 Å². The number of halogens is 1. The summed E-state index contributed by atoms with van der Waals surface area (Å²) in [6.07, 6.45) is 4.97. The number of Topliss-reactive ketones (excluding diaryl/α,β-unsaturated/α-hetero) is 1. The van der Waals surface area contributed by atoms with E-state index in [1.165, 1.54) is 0 Å². The molecule has 0 bridgehead atoms. The first-order valence-corrected chi connectivity index (χ1v) is 13.8. The largest absolute Gasteiger partial charge is 0.491 e. The van der Waals surface area contributed by atoms with E-state index in [0.29, 0.717) is 42.6 Å². The molecule has 1 saturated carbocycles. The molecule has 0 unspecified atom stereocenters. The van der Waals surface area contributed by atoms with E-state index in [4.69, 9.17) is 20.2 Å². The molecule has 0 amide bonds. The van der Waals surface area contributed by atoms with Crippen molar-refractivity contribution in [2.75, 3.05) is 31.1 Å². The van der Waals surface area contributed by atoms with Gasteiger partial charge in [0.2, 0.25) is 0 Å². The number of hydrogen-bond donors (Lipinski definition) is 2. The Morgan fingerprint density at radius 2 is 1.87 bits per heavy atom. The maximum Gasteiger partial charge on any atom is 0.303 e. The van der Waals surface area contributed by atoms with E-state index in [-0.39, 0.29) is 41.1 Å². The molecular weight excluding hydrogens is 560 g/mol. The van der Waals surface area contributed by atoms with Crippen LogP contribution in [0.2, 0.25) is 0 Å². The van der Waals surface area contributed by atoms with E-state index in [2.05, 4.69) is 37.8 Å². The summed E-state index contributed by atoms with van der Waals surface area (Å²) in [5, 5.41) is 17.7. The summed E-state index contributed by atoms with van der Waals surface area (Å²) in [4.78, 5) is 33.5. The Bertz CT molecular complexity index is 1260. The SMILES string of the molecule is Br.CC(C)(C)c1cc(C(=O)CN2Cc3ccc(C4CC4)nc3C2=N)cc(N2CCCC2)c1OCCCC(=O)O. The second-order valence-electron chi connectivity index (χ2n) is 11.8. The van der Waals surface area contributed by atoms with E-state index in [1.54, 1.807) is 0 Å². The fraction of sp³-hybridized carbons (Fsp3) is 0.533. The number of carbonyl (C=O) groups excluding carboxylic acids is 1. The Balaban J connectivity index is 0.00000353. The van der Waals surface area contributed by atoms with Crippen LogP contribution in [0.1, 0.15) is 98.1 Å². The third kappa shape index (κ3) is 6.45. The lowest BCUT2D eigenvalue weighted by Crippen LogP contribution is -2.31. The van der Waals surface area contributed by atoms with E-state index in [9.17, 15) is 9.59 Å². The molecule has 2 aliphatic heterocycles. The summed E-state index contributed by atoms with van der Waals surface area (Å²) in [5.41, 5.74) is 4.95. The predicted molar refractivity (Wildman–Crippen MR) is 157 cm³/mol. The van der Waals surface area contributed by atoms with Crippen LogP contribution in [0.25, 0.3) is 0 Å². The van der Waals surface area contributed by atoms with Crippen LogP contribution >= 0.6 is 17.0 Å². The molecule has 39 heavy (non-hydrogen) atoms. The molecule has 2 fully saturated rings. The molecule has 1 aliphatic carbocycles. The van der Waals surface area contributed by atoms with Crippen LogP contribution in [-0.4, -0.2) is 58.8 Å². The Morgan fingerprint density at radius 1 is 1.15 bits per heavy atom. The molecule has 9 heteroatoms. The number of aliphatic carboxylic acids is 1. The Hall–Kier alpha value is -2.94. The number of pyridine rings is 1. The van der Waals surface area contributed by atoms with Crippen LogP contribution in [0.5, 0.6) is 5.75 Å². The third-order valence-corrected chi connectivity index (χ3v) is 7.66. The number of carbonyl (C=O) groups is 2. The van der Waals surface area contributed by atoms with Gasteiger partial charge in [-0.25, -0.2) is 4.98 Å². The highest BCUT2D eigenvalue weighted by Gasteiger charge is 2.32. The van der Waals surface area contributed by atoms with E-state index in [0.717, 1.165) is 67.0 Å². The number of amidine groups is 1. The third-order valence-electron chi connectivity index (χ3n) is 7.66. The molecule has 5 rings (SSSR count). The highest BCUT2D eigenvalue weighted by molar-refractivity contribution is 8.93. The number of ketones is 1. The van der Waals surface area contributed by atoms with Gasteiger partial charge in [0.15, 0.2) is 5.78 Å². The molecule has 1 aromatic heterocycles. The smallest absolute Gasteiger partial charge is 0.303 e. The van der Waals surface area contributed by atoms with E-state index < -0.39 is 5.97 Å². The molecule has 1 aromatic carbocycles. The van der Waals surface area contributed by atoms with Crippen LogP contribution < -0.4 is 9.64 Å². The van der Waals surface area contributed by atoms with Crippen molar-refractivity contribution in [2.45, 2.75) is 77.2 Å². The summed E-state index contributed by atoms with van der Waals surface area (Å²) in [6, 6.07) is 8.01. The molecule has 3 heterocycles. The Kier molecular flexibility index (Phi) is 8.69. The molecule has 0 atom stereocenters. The van der Waals surface area contributed by atoms with Crippen molar-refractivity contribution in [1.29, 1.82) is 5.41 Å². The van der Waals surface area contributed by atoms with Gasteiger partial charge >= 0.3 is 5.97 Å². The zero-order chi connectivity index (χ0) is 27.0. The number of benzene rings is 1. The van der Waals surface area contributed by atoms with Gasteiger partial charge in [-0.05, 0) is 55.7 Å². The molecule has 2 N–H and O–H groups in total. The average molecular weight is 600 g/mol. The van der Waals surface area contributed by atoms with Crippen LogP contribution in [0.3, 0.4) is 0 Å². The first-order valence-electron chi connectivity index (χ1n) is 13.8. The molecular formula is C30H39BrN4O4. The van der Waals surface area contributed by atoms with Gasteiger partial charge in [-0.15, -0.1) is 17.0 Å². The first kappa shape index (κ1) is 29.1. The molecule has 1 saturated heterocycles. The fourth-order valence-corrected chi connectivity index (χ4v) is 5.35. The monoisotopic (exact) mass is 598 g/mol. The van der Waals surface area contributed by atoms with Crippen LogP contribution in [0.4, 0.5) is 5.69 Å². The number of hydrogen-bond acceptors (Lipinski definition) is 6. The molecule has 3 aliphatic rings. The first-order chi connectivity index (χ1) is 18.1. The summed E-state index contributed by atoms with van der Waals surface area (Å²) < 4.78 is 6.25. The molecule has 2 aromatic rings. The number of fused-ring (bicyclic) bond motifs is 1. The molecule has 0 spiro atoms. The second kappa shape index (κ2) is 11.7. The van der Waals surface area contributed by atoms with E-state index >= 15 is 0 Å². The fourth-order valence-electron chi connectivity index (χ4n) is 5.35. The number of carboxylic acid groups (broad SMARTS) is 1. The Labute approximate surface area is 241 Å². The standard InChI is InChI=1S/C30H38N4O4.BrH/c1-30(2,3)22-15-21(16-24(33-12-4-5-13-33)28(22)38-14-6-7-26(36)37)25(35)18-34-17-20-10-11-23(19-8-9-19)32-27(20)29(34)31;/h10-11,15-16,19,31H,4-9,12-14,17-18H2,1-3H3,(H,36,37);1H. The van der Waals surface area contributed by atoms with Gasteiger partial charge in [-0.2, -0.15) is 0 Å². The van der Waals surface area contributed by atoms with Crippen LogP contribution in [0, 0.1) is 5.41 Å². The Morgan fingerprint density at radius 3 is 2.51 bits per heavy atom. The van der Waals surface area contributed by atoms with Crippen molar-refractivity contribution in [3.63, 3.8) is 0 Å². The van der Waals surface area contributed by atoms with Crippen molar-refractivity contribution in [1.82, 2.24) is 9.88 Å². The number of carboxylic acids is 1. The number of aromatic nitrogens is 1. The number of rotatable bonds is 10. The summed E-state index contributed by atoms with van der Waals surface area (Å²) >= 11 is 0. The lowest BCUT2D eigenvalue weighted by molar-refractivity contribution is -0.137. The van der Waals surface area contributed by atoms with Gasteiger partial charge in [0.1, 0.15) is 17.3 Å². The predicted octanol–water partition coefficient (Wildman–Crippen LogP) is 5.70. The number of ether oxygens (including phenoxy) is 1. The minimum atomic E-state index is -0.834. The average Bonchev–Trinajstić information content (AvgIpc) is 3.49. The minimum Gasteiger partial charge on any atom is -0.491 e. The van der Waals surface area contributed by atoms with Gasteiger partial charge in [-0.3, -0.25) is 15.0 Å². The molecule has 210 valence electrons. The lowest BCUT2D eigenvalue weighted by atomic mass is 9.84. The maximum atomic E-state index is 13.7. The number of nitrogens with one attached hydrogen (secondary N) is 1.